The standard InChI is InChI=1S/C12H15FN2O2.ClH/c1-2-17-10-4-3-8(7-9(10)13)15-11(16)12(14)5-6-12;/h3-4,7H,2,5-6,14H2,1H3,(H,15,16);1H. The minimum Gasteiger partial charge on any atom is -0.491 e. The first kappa shape index (κ1) is 14.7. The molecule has 1 aromatic carbocycles. The van der Waals surface area contributed by atoms with Crippen LogP contribution in [0, 0.1) is 5.82 Å². The third-order valence-corrected chi connectivity index (χ3v) is 2.73. The number of benzene rings is 1. The molecule has 18 heavy (non-hydrogen) atoms. The molecule has 0 heterocycles. The molecule has 4 nitrogen and oxygen atoms in total. The van der Waals surface area contributed by atoms with Gasteiger partial charge in [-0.15, -0.1) is 12.4 Å². The van der Waals surface area contributed by atoms with Crippen LogP contribution in [0.1, 0.15) is 19.8 Å². The molecule has 1 aliphatic carbocycles. The van der Waals surface area contributed by atoms with Gasteiger partial charge in [-0.1, -0.05) is 0 Å². The lowest BCUT2D eigenvalue weighted by molar-refractivity contribution is -0.118. The van der Waals surface area contributed by atoms with Gasteiger partial charge in [0.15, 0.2) is 11.6 Å². The third-order valence-electron chi connectivity index (χ3n) is 2.73. The summed E-state index contributed by atoms with van der Waals surface area (Å²) in [6.45, 7) is 2.18. The fourth-order valence-corrected chi connectivity index (χ4v) is 1.47. The molecule has 0 atom stereocenters. The Morgan fingerprint density at radius 2 is 2.22 bits per heavy atom. The summed E-state index contributed by atoms with van der Waals surface area (Å²) in [4.78, 5) is 11.6. The summed E-state index contributed by atoms with van der Waals surface area (Å²) < 4.78 is 18.6. The molecule has 1 fully saturated rings. The van der Waals surface area contributed by atoms with Gasteiger partial charge in [-0.2, -0.15) is 0 Å². The second-order valence-corrected chi connectivity index (χ2v) is 4.19. The summed E-state index contributed by atoms with van der Waals surface area (Å²) in [5.41, 5.74) is 5.36. The van der Waals surface area contributed by atoms with Crippen LogP contribution in [0.5, 0.6) is 5.75 Å². The van der Waals surface area contributed by atoms with E-state index in [-0.39, 0.29) is 24.1 Å². The van der Waals surface area contributed by atoms with Gasteiger partial charge in [-0.3, -0.25) is 4.79 Å². The molecular weight excluding hydrogens is 259 g/mol. The first-order valence-corrected chi connectivity index (χ1v) is 5.58. The van der Waals surface area contributed by atoms with Crippen LogP contribution in [0.4, 0.5) is 10.1 Å². The van der Waals surface area contributed by atoms with Crippen molar-refractivity contribution < 1.29 is 13.9 Å². The number of anilines is 1. The molecule has 6 heteroatoms. The summed E-state index contributed by atoms with van der Waals surface area (Å²) in [5.74, 6) is -0.577. The van der Waals surface area contributed by atoms with E-state index in [9.17, 15) is 9.18 Å². The highest BCUT2D eigenvalue weighted by Gasteiger charge is 2.45. The zero-order valence-electron chi connectivity index (χ0n) is 10.0. The van der Waals surface area contributed by atoms with Crippen molar-refractivity contribution in [1.82, 2.24) is 0 Å². The number of halogens is 2. The number of hydrogen-bond donors (Lipinski definition) is 2. The zero-order chi connectivity index (χ0) is 12.5. The Balaban J connectivity index is 0.00000162. The van der Waals surface area contributed by atoms with Crippen LogP contribution in [0.2, 0.25) is 0 Å². The molecule has 1 aliphatic rings. The molecule has 100 valence electrons. The first-order chi connectivity index (χ1) is 8.05. The van der Waals surface area contributed by atoms with E-state index in [4.69, 9.17) is 10.5 Å². The summed E-state index contributed by atoms with van der Waals surface area (Å²) in [6.07, 6.45) is 1.36. The van der Waals surface area contributed by atoms with Gasteiger partial charge in [0.2, 0.25) is 5.91 Å². The summed E-state index contributed by atoms with van der Waals surface area (Å²) >= 11 is 0. The number of rotatable bonds is 4. The van der Waals surface area contributed by atoms with E-state index in [0.717, 1.165) is 0 Å². The van der Waals surface area contributed by atoms with Gasteiger partial charge in [-0.25, -0.2) is 4.39 Å². The Hall–Kier alpha value is -1.33. The summed E-state index contributed by atoms with van der Waals surface area (Å²) in [6, 6.07) is 4.32. The predicted molar refractivity (Wildman–Crippen MR) is 69.6 cm³/mol. The quantitative estimate of drug-likeness (QED) is 0.883. The van der Waals surface area contributed by atoms with Gasteiger partial charge < -0.3 is 15.8 Å². The molecule has 3 N–H and O–H groups in total. The predicted octanol–water partition coefficient (Wildman–Crippen LogP) is 2.08. The highest BCUT2D eigenvalue weighted by atomic mass is 35.5. The van der Waals surface area contributed by atoms with Crippen LogP contribution >= 0.6 is 12.4 Å². The van der Waals surface area contributed by atoms with Gasteiger partial charge in [0.25, 0.3) is 0 Å². The van der Waals surface area contributed by atoms with Crippen molar-refractivity contribution in [3.05, 3.63) is 24.0 Å². The minimum absolute atomic E-state index is 0. The van der Waals surface area contributed by atoms with E-state index in [1.807, 2.05) is 0 Å². The maximum atomic E-state index is 13.5. The van der Waals surface area contributed by atoms with Crippen molar-refractivity contribution in [2.24, 2.45) is 5.73 Å². The highest BCUT2D eigenvalue weighted by Crippen LogP contribution is 2.33. The molecule has 0 bridgehead atoms. The van der Waals surface area contributed by atoms with Gasteiger partial charge in [0, 0.05) is 11.8 Å². The van der Waals surface area contributed by atoms with Crippen molar-refractivity contribution in [3.63, 3.8) is 0 Å². The second-order valence-electron chi connectivity index (χ2n) is 4.19. The molecular formula is C12H16ClFN2O2. The number of carbonyl (C=O) groups is 1. The lowest BCUT2D eigenvalue weighted by atomic mass is 10.2. The number of nitrogens with two attached hydrogens (primary N) is 1. The number of carbonyl (C=O) groups excluding carboxylic acids is 1. The molecule has 1 amide bonds. The largest absolute Gasteiger partial charge is 0.491 e. The lowest BCUT2D eigenvalue weighted by Gasteiger charge is -2.11. The van der Waals surface area contributed by atoms with Crippen LogP contribution < -0.4 is 15.8 Å². The van der Waals surface area contributed by atoms with E-state index in [1.54, 1.807) is 13.0 Å². The molecule has 1 aromatic rings. The Morgan fingerprint density at radius 3 is 2.72 bits per heavy atom. The molecule has 0 aromatic heterocycles. The molecule has 0 unspecified atom stereocenters. The summed E-state index contributed by atoms with van der Waals surface area (Å²) in [7, 11) is 0. The SMILES string of the molecule is CCOc1ccc(NC(=O)C2(N)CC2)cc1F.Cl. The number of nitrogens with one attached hydrogen (secondary N) is 1. The summed E-state index contributed by atoms with van der Waals surface area (Å²) in [5, 5.41) is 2.60. The van der Waals surface area contributed by atoms with Crippen LogP contribution in [-0.4, -0.2) is 18.1 Å². The van der Waals surface area contributed by atoms with Crippen LogP contribution in [-0.2, 0) is 4.79 Å². The second kappa shape index (κ2) is 5.54. The Bertz CT molecular complexity index is 450. The van der Waals surface area contributed by atoms with Gasteiger partial charge >= 0.3 is 0 Å². The normalized spacial score (nSPS) is 15.5. The van der Waals surface area contributed by atoms with Gasteiger partial charge in [0.1, 0.15) is 0 Å². The minimum atomic E-state index is -0.755. The van der Waals surface area contributed by atoms with Gasteiger partial charge in [-0.05, 0) is 31.9 Å². The van der Waals surface area contributed by atoms with E-state index in [2.05, 4.69) is 5.32 Å². The molecule has 1 saturated carbocycles. The Kier molecular flexibility index (Phi) is 4.53. The first-order valence-electron chi connectivity index (χ1n) is 5.58. The topological polar surface area (TPSA) is 64.3 Å². The molecule has 0 saturated heterocycles. The molecule has 2 rings (SSSR count). The fraction of sp³-hybridized carbons (Fsp3) is 0.417. The monoisotopic (exact) mass is 274 g/mol. The van der Waals surface area contributed by atoms with Crippen molar-refractivity contribution >= 4 is 24.0 Å². The molecule has 0 radical (unpaired) electrons. The van der Waals surface area contributed by atoms with E-state index >= 15 is 0 Å². The van der Waals surface area contributed by atoms with Crippen molar-refractivity contribution in [1.29, 1.82) is 0 Å². The number of ether oxygens (including phenoxy) is 1. The van der Waals surface area contributed by atoms with Crippen molar-refractivity contribution in [3.8, 4) is 5.75 Å². The lowest BCUT2D eigenvalue weighted by Crippen LogP contribution is -2.37. The van der Waals surface area contributed by atoms with Crippen molar-refractivity contribution in [2.75, 3.05) is 11.9 Å². The fourth-order valence-electron chi connectivity index (χ4n) is 1.47. The molecule has 0 spiro atoms. The van der Waals surface area contributed by atoms with E-state index in [1.165, 1.54) is 12.1 Å². The van der Waals surface area contributed by atoms with Gasteiger partial charge in [0.05, 0.1) is 12.1 Å². The third kappa shape index (κ3) is 3.11. The average Bonchev–Trinajstić information content (AvgIpc) is 3.02. The number of hydrogen-bond acceptors (Lipinski definition) is 3. The van der Waals surface area contributed by atoms with Crippen LogP contribution in [0.25, 0.3) is 0 Å². The average molecular weight is 275 g/mol. The Morgan fingerprint density at radius 1 is 1.56 bits per heavy atom. The van der Waals surface area contributed by atoms with E-state index < -0.39 is 11.4 Å². The smallest absolute Gasteiger partial charge is 0.244 e. The maximum absolute atomic E-state index is 13.5. The highest BCUT2D eigenvalue weighted by molar-refractivity contribution is 6.00. The number of amides is 1. The zero-order valence-corrected chi connectivity index (χ0v) is 10.8. The van der Waals surface area contributed by atoms with E-state index in [0.29, 0.717) is 25.1 Å². The van der Waals surface area contributed by atoms with Crippen molar-refractivity contribution in [2.45, 2.75) is 25.3 Å². The Labute approximate surface area is 111 Å². The maximum Gasteiger partial charge on any atom is 0.244 e. The molecule has 0 aliphatic heterocycles. The van der Waals surface area contributed by atoms with Crippen LogP contribution in [0.15, 0.2) is 18.2 Å². The van der Waals surface area contributed by atoms with Crippen LogP contribution in [0.3, 0.4) is 0 Å².